The minimum Gasteiger partial charge on any atom is -0.356 e. The summed E-state index contributed by atoms with van der Waals surface area (Å²) in [7, 11) is 0. The van der Waals surface area contributed by atoms with Gasteiger partial charge in [-0.05, 0) is 31.7 Å². The highest BCUT2D eigenvalue weighted by Crippen LogP contribution is 2.06. The molecule has 0 heterocycles. The first-order valence-corrected chi connectivity index (χ1v) is 7.22. The molecule has 3 heteroatoms. The molecule has 0 aliphatic carbocycles. The second-order valence-electron chi connectivity index (χ2n) is 4.24. The van der Waals surface area contributed by atoms with E-state index in [1.54, 1.807) is 0 Å². The van der Waals surface area contributed by atoms with E-state index in [4.69, 9.17) is 0 Å². The molecule has 2 nitrogen and oxygen atoms in total. The maximum atomic E-state index is 11.5. The fourth-order valence-corrected chi connectivity index (χ4v) is 2.06. The van der Waals surface area contributed by atoms with Crippen molar-refractivity contribution in [1.29, 1.82) is 0 Å². The summed E-state index contributed by atoms with van der Waals surface area (Å²) in [5.74, 6) is 0.154. The topological polar surface area (TPSA) is 29.1 Å². The Bertz CT molecular complexity index is 352. The summed E-state index contributed by atoms with van der Waals surface area (Å²) in [6, 6.07) is 8.33. The van der Waals surface area contributed by atoms with Gasteiger partial charge < -0.3 is 5.32 Å². The van der Waals surface area contributed by atoms with E-state index in [0.29, 0.717) is 6.42 Å². The predicted octanol–water partition coefficient (Wildman–Crippen LogP) is 3.22. The summed E-state index contributed by atoms with van der Waals surface area (Å²) in [4.78, 5) is 11.5. The maximum Gasteiger partial charge on any atom is 0.220 e. The van der Waals surface area contributed by atoms with Crippen molar-refractivity contribution in [2.45, 2.75) is 32.6 Å². The first-order valence-electron chi connectivity index (χ1n) is 6.10. The summed E-state index contributed by atoms with van der Waals surface area (Å²) < 4.78 is 0. The molecule has 0 aliphatic rings. The third kappa shape index (κ3) is 6.47. The minimum absolute atomic E-state index is 0.154. The van der Waals surface area contributed by atoms with Crippen molar-refractivity contribution in [3.8, 4) is 0 Å². The molecule has 0 saturated heterocycles. The average molecular weight is 298 g/mol. The van der Waals surface area contributed by atoms with Crippen LogP contribution in [0.1, 0.15) is 30.4 Å². The van der Waals surface area contributed by atoms with Crippen LogP contribution in [-0.2, 0) is 11.2 Å². The number of amides is 1. The Kier molecular flexibility index (Phi) is 6.94. The Morgan fingerprint density at radius 2 is 2.18 bits per heavy atom. The highest BCUT2D eigenvalue weighted by atomic mass is 79.9. The van der Waals surface area contributed by atoms with Gasteiger partial charge in [0.1, 0.15) is 0 Å². The number of hydrogen-bond donors (Lipinski definition) is 1. The zero-order chi connectivity index (χ0) is 12.5. The number of halogens is 1. The molecular formula is C14H20BrNO. The van der Waals surface area contributed by atoms with Crippen LogP contribution >= 0.6 is 15.9 Å². The smallest absolute Gasteiger partial charge is 0.220 e. The van der Waals surface area contributed by atoms with Gasteiger partial charge in [0.25, 0.3) is 0 Å². The number of hydrogen-bond acceptors (Lipinski definition) is 1. The minimum atomic E-state index is 0.154. The first-order chi connectivity index (χ1) is 8.22. The number of aryl methyl sites for hydroxylation is 2. The van der Waals surface area contributed by atoms with Gasteiger partial charge in [0, 0.05) is 18.3 Å². The van der Waals surface area contributed by atoms with Crippen LogP contribution in [-0.4, -0.2) is 17.8 Å². The number of unbranched alkanes of at least 4 members (excludes halogenated alkanes) is 1. The lowest BCUT2D eigenvalue weighted by Gasteiger charge is -2.05. The molecule has 0 aliphatic heterocycles. The van der Waals surface area contributed by atoms with Gasteiger partial charge in [-0.3, -0.25) is 4.79 Å². The van der Waals surface area contributed by atoms with Crippen molar-refractivity contribution in [2.75, 3.05) is 11.9 Å². The van der Waals surface area contributed by atoms with Gasteiger partial charge in [-0.15, -0.1) is 0 Å². The van der Waals surface area contributed by atoms with Gasteiger partial charge in [0.15, 0.2) is 0 Å². The quantitative estimate of drug-likeness (QED) is 0.608. The lowest BCUT2D eigenvalue weighted by atomic mass is 10.1. The van der Waals surface area contributed by atoms with Crippen LogP contribution in [0.3, 0.4) is 0 Å². The number of rotatable bonds is 7. The molecule has 94 valence electrons. The predicted molar refractivity (Wildman–Crippen MR) is 75.5 cm³/mol. The second kappa shape index (κ2) is 8.29. The zero-order valence-corrected chi connectivity index (χ0v) is 11.9. The summed E-state index contributed by atoms with van der Waals surface area (Å²) in [6.07, 6.45) is 3.56. The van der Waals surface area contributed by atoms with E-state index in [0.717, 1.165) is 31.1 Å². The zero-order valence-electron chi connectivity index (χ0n) is 10.3. The Morgan fingerprint density at radius 1 is 1.35 bits per heavy atom. The van der Waals surface area contributed by atoms with Gasteiger partial charge in [0.2, 0.25) is 5.91 Å². The Balaban J connectivity index is 2.19. The molecule has 1 aromatic carbocycles. The molecule has 1 aromatic rings. The van der Waals surface area contributed by atoms with E-state index in [-0.39, 0.29) is 5.91 Å². The Labute approximate surface area is 112 Å². The molecule has 17 heavy (non-hydrogen) atoms. The fraction of sp³-hybridized carbons (Fsp3) is 0.500. The highest BCUT2D eigenvalue weighted by Gasteiger charge is 2.01. The Morgan fingerprint density at radius 3 is 2.88 bits per heavy atom. The molecule has 0 radical (unpaired) electrons. The normalized spacial score (nSPS) is 10.2. The van der Waals surface area contributed by atoms with E-state index in [1.165, 1.54) is 11.1 Å². The molecule has 1 amide bonds. The summed E-state index contributed by atoms with van der Waals surface area (Å²) >= 11 is 3.37. The van der Waals surface area contributed by atoms with E-state index in [2.05, 4.69) is 46.4 Å². The largest absolute Gasteiger partial charge is 0.356 e. The number of carbonyl (C=O) groups is 1. The highest BCUT2D eigenvalue weighted by molar-refractivity contribution is 9.09. The van der Waals surface area contributed by atoms with Crippen LogP contribution in [0.25, 0.3) is 0 Å². The van der Waals surface area contributed by atoms with Gasteiger partial charge >= 0.3 is 0 Å². The number of alkyl halides is 1. The standard InChI is InChI=1S/C14H20BrNO/c1-12-5-4-6-13(11-12)7-8-14(17)16-10-3-2-9-15/h4-6,11H,2-3,7-10H2,1H3,(H,16,17). The maximum absolute atomic E-state index is 11.5. The molecule has 0 fully saturated rings. The molecule has 0 aromatic heterocycles. The van der Waals surface area contributed by atoms with Gasteiger partial charge in [-0.2, -0.15) is 0 Å². The lowest BCUT2D eigenvalue weighted by Crippen LogP contribution is -2.24. The van der Waals surface area contributed by atoms with E-state index >= 15 is 0 Å². The SMILES string of the molecule is Cc1cccc(CCC(=O)NCCCCBr)c1. The third-order valence-corrected chi connectivity index (χ3v) is 3.17. The molecular weight excluding hydrogens is 278 g/mol. The van der Waals surface area contributed by atoms with Gasteiger partial charge in [0.05, 0.1) is 0 Å². The number of nitrogens with one attached hydrogen (secondary N) is 1. The summed E-state index contributed by atoms with van der Waals surface area (Å²) in [5, 5.41) is 3.95. The van der Waals surface area contributed by atoms with Gasteiger partial charge in [-0.25, -0.2) is 0 Å². The number of benzene rings is 1. The molecule has 0 saturated carbocycles. The monoisotopic (exact) mass is 297 g/mol. The van der Waals surface area contributed by atoms with E-state index < -0.39 is 0 Å². The van der Waals surface area contributed by atoms with E-state index in [1.807, 2.05) is 6.07 Å². The summed E-state index contributed by atoms with van der Waals surface area (Å²) in [6.45, 7) is 2.86. The third-order valence-electron chi connectivity index (χ3n) is 2.61. The number of carbonyl (C=O) groups excluding carboxylic acids is 1. The van der Waals surface area contributed by atoms with E-state index in [9.17, 15) is 4.79 Å². The molecule has 0 bridgehead atoms. The van der Waals surface area contributed by atoms with Crippen molar-refractivity contribution >= 4 is 21.8 Å². The second-order valence-corrected chi connectivity index (χ2v) is 5.03. The van der Waals surface area contributed by atoms with Gasteiger partial charge in [-0.1, -0.05) is 45.8 Å². The molecule has 0 atom stereocenters. The van der Waals surface area contributed by atoms with Crippen LogP contribution in [0.4, 0.5) is 0 Å². The molecule has 1 N–H and O–H groups in total. The average Bonchev–Trinajstić information content (AvgIpc) is 2.32. The van der Waals surface area contributed by atoms with Crippen LogP contribution in [0.5, 0.6) is 0 Å². The van der Waals surface area contributed by atoms with Crippen molar-refractivity contribution in [1.82, 2.24) is 5.32 Å². The molecule has 1 rings (SSSR count). The van der Waals surface area contributed by atoms with Crippen LogP contribution in [0.15, 0.2) is 24.3 Å². The Hall–Kier alpha value is -0.830. The lowest BCUT2D eigenvalue weighted by molar-refractivity contribution is -0.121. The summed E-state index contributed by atoms with van der Waals surface area (Å²) in [5.41, 5.74) is 2.49. The fourth-order valence-electron chi connectivity index (χ4n) is 1.66. The van der Waals surface area contributed by atoms with Crippen LogP contribution in [0.2, 0.25) is 0 Å². The van der Waals surface area contributed by atoms with Crippen molar-refractivity contribution in [3.63, 3.8) is 0 Å². The molecule has 0 unspecified atom stereocenters. The molecule has 0 spiro atoms. The van der Waals surface area contributed by atoms with Crippen LogP contribution in [0, 0.1) is 6.92 Å². The first kappa shape index (κ1) is 14.2. The van der Waals surface area contributed by atoms with Crippen molar-refractivity contribution in [2.24, 2.45) is 0 Å². The van der Waals surface area contributed by atoms with Crippen molar-refractivity contribution < 1.29 is 4.79 Å². The van der Waals surface area contributed by atoms with Crippen LogP contribution < -0.4 is 5.32 Å². The van der Waals surface area contributed by atoms with Crippen molar-refractivity contribution in [3.05, 3.63) is 35.4 Å².